The van der Waals surface area contributed by atoms with Crippen molar-refractivity contribution < 1.29 is 14.0 Å². The summed E-state index contributed by atoms with van der Waals surface area (Å²) in [5.41, 5.74) is 2.43. The van der Waals surface area contributed by atoms with Gasteiger partial charge in [-0.15, -0.1) is 0 Å². The van der Waals surface area contributed by atoms with E-state index >= 15 is 0 Å². The van der Waals surface area contributed by atoms with Gasteiger partial charge in [-0.05, 0) is 52.2 Å². The topological polar surface area (TPSA) is 65.5 Å². The Kier molecular flexibility index (Phi) is 5.53. The van der Waals surface area contributed by atoms with Crippen LogP contribution in [-0.4, -0.2) is 34.9 Å². The van der Waals surface area contributed by atoms with Crippen LogP contribution in [0.25, 0.3) is 0 Å². The predicted molar refractivity (Wildman–Crippen MR) is 110 cm³/mol. The van der Waals surface area contributed by atoms with E-state index in [-0.39, 0.29) is 17.8 Å². The molecule has 0 aliphatic carbocycles. The number of thiophene rings is 1. The van der Waals surface area contributed by atoms with Gasteiger partial charge in [0.1, 0.15) is 11.6 Å². The summed E-state index contributed by atoms with van der Waals surface area (Å²) < 4.78 is 13.0. The molecule has 0 bridgehead atoms. The molecule has 3 heterocycles. The fourth-order valence-corrected chi connectivity index (χ4v) is 3.82. The van der Waals surface area contributed by atoms with Crippen molar-refractivity contribution in [3.05, 3.63) is 76.4 Å². The number of anilines is 2. The highest BCUT2D eigenvalue weighted by Crippen LogP contribution is 2.21. The van der Waals surface area contributed by atoms with Crippen LogP contribution >= 0.6 is 11.3 Å². The number of hydrogen-bond donors (Lipinski definition) is 1. The van der Waals surface area contributed by atoms with Crippen molar-refractivity contribution in [2.75, 3.05) is 23.3 Å². The number of carbonyl (C=O) groups is 2. The van der Waals surface area contributed by atoms with E-state index in [4.69, 9.17) is 0 Å². The molecule has 1 aliphatic heterocycles. The summed E-state index contributed by atoms with van der Waals surface area (Å²) in [5, 5.41) is 6.69. The van der Waals surface area contributed by atoms with Crippen LogP contribution in [0.5, 0.6) is 0 Å². The zero-order valence-electron chi connectivity index (χ0n) is 15.5. The van der Waals surface area contributed by atoms with Crippen LogP contribution in [0.4, 0.5) is 20.7 Å². The Morgan fingerprint density at radius 2 is 1.93 bits per heavy atom. The molecule has 0 radical (unpaired) electrons. The van der Waals surface area contributed by atoms with E-state index < -0.39 is 0 Å². The van der Waals surface area contributed by atoms with Crippen molar-refractivity contribution >= 4 is 34.8 Å². The summed E-state index contributed by atoms with van der Waals surface area (Å²) in [6.45, 7) is 1.51. The summed E-state index contributed by atoms with van der Waals surface area (Å²) in [6.07, 6.45) is 1.87. The molecule has 8 heteroatoms. The summed E-state index contributed by atoms with van der Waals surface area (Å²) in [6, 6.07) is 11.4. The predicted octanol–water partition coefficient (Wildman–Crippen LogP) is 3.91. The van der Waals surface area contributed by atoms with Crippen LogP contribution in [0.2, 0.25) is 0 Å². The number of benzene rings is 1. The molecule has 4 rings (SSSR count). The van der Waals surface area contributed by atoms with Crippen molar-refractivity contribution in [2.45, 2.75) is 13.0 Å². The fraction of sp³-hybridized carbons (Fsp3) is 0.190. The lowest BCUT2D eigenvalue weighted by atomic mass is 10.2. The first-order chi connectivity index (χ1) is 14.1. The van der Waals surface area contributed by atoms with Gasteiger partial charge in [0.2, 0.25) is 5.91 Å². The molecule has 1 fully saturated rings. The molecule has 148 valence electrons. The molecule has 29 heavy (non-hydrogen) atoms. The number of carbonyl (C=O) groups excluding carboxylic acids is 2. The maximum atomic E-state index is 13.0. The third-order valence-corrected chi connectivity index (χ3v) is 5.37. The van der Waals surface area contributed by atoms with Gasteiger partial charge >= 0.3 is 6.03 Å². The molecule has 3 aromatic rings. The van der Waals surface area contributed by atoms with Crippen molar-refractivity contribution in [1.82, 2.24) is 9.88 Å². The van der Waals surface area contributed by atoms with Gasteiger partial charge < -0.3 is 10.2 Å². The molecule has 1 saturated heterocycles. The summed E-state index contributed by atoms with van der Waals surface area (Å²) in [5.74, 6) is 0.128. The Labute approximate surface area is 171 Å². The quantitative estimate of drug-likeness (QED) is 0.670. The Morgan fingerprint density at radius 3 is 2.62 bits per heavy atom. The minimum Gasteiger partial charge on any atom is -0.324 e. The van der Waals surface area contributed by atoms with Crippen molar-refractivity contribution in [1.29, 1.82) is 0 Å². The average molecular weight is 410 g/mol. The number of aromatic nitrogens is 1. The second-order valence-electron chi connectivity index (χ2n) is 6.74. The maximum absolute atomic E-state index is 13.0. The zero-order chi connectivity index (χ0) is 20.2. The van der Waals surface area contributed by atoms with Crippen LogP contribution in [0.1, 0.15) is 11.1 Å². The number of urea groups is 1. The number of nitrogens with one attached hydrogen (secondary N) is 1. The van der Waals surface area contributed by atoms with Crippen LogP contribution in [0.15, 0.2) is 59.4 Å². The smallest absolute Gasteiger partial charge is 0.324 e. The average Bonchev–Trinajstić information content (AvgIpc) is 3.35. The van der Waals surface area contributed by atoms with Crippen molar-refractivity contribution in [2.24, 2.45) is 0 Å². The first-order valence-electron chi connectivity index (χ1n) is 9.16. The molecule has 2 aromatic heterocycles. The highest BCUT2D eigenvalue weighted by Gasteiger charge is 2.30. The van der Waals surface area contributed by atoms with E-state index in [2.05, 4.69) is 10.3 Å². The van der Waals surface area contributed by atoms with E-state index in [1.54, 1.807) is 51.6 Å². The third kappa shape index (κ3) is 4.60. The molecular formula is C21H19FN4O2S. The highest BCUT2D eigenvalue weighted by atomic mass is 32.1. The second-order valence-corrected chi connectivity index (χ2v) is 7.52. The second kappa shape index (κ2) is 8.40. The molecule has 3 amide bonds. The van der Waals surface area contributed by atoms with Crippen molar-refractivity contribution in [3.8, 4) is 0 Å². The van der Waals surface area contributed by atoms with Crippen LogP contribution in [0.3, 0.4) is 0 Å². The van der Waals surface area contributed by atoms with E-state index in [9.17, 15) is 14.0 Å². The standard InChI is InChI=1S/C21H19FN4O2S/c22-17-3-1-15(2-4-17)13-25-8-9-26(21(25)28)19-6-5-18(12-23-19)24-20(27)11-16-7-10-29-14-16/h1-7,10,12,14H,8-9,11,13H2,(H,24,27). The van der Waals surface area contributed by atoms with Gasteiger partial charge in [0, 0.05) is 19.6 Å². The zero-order valence-corrected chi connectivity index (χ0v) is 16.4. The highest BCUT2D eigenvalue weighted by molar-refractivity contribution is 7.08. The summed E-state index contributed by atoms with van der Waals surface area (Å²) in [4.78, 5) is 32.4. The van der Waals surface area contributed by atoms with Gasteiger partial charge in [0.25, 0.3) is 0 Å². The molecular weight excluding hydrogens is 391 g/mol. The largest absolute Gasteiger partial charge is 0.326 e. The molecule has 0 unspecified atom stereocenters. The van der Waals surface area contributed by atoms with Gasteiger partial charge in [-0.2, -0.15) is 11.3 Å². The normalized spacial score (nSPS) is 13.8. The SMILES string of the molecule is O=C(Cc1ccsc1)Nc1ccc(N2CCN(Cc3ccc(F)cc3)C2=O)nc1. The van der Waals surface area contributed by atoms with E-state index in [1.165, 1.54) is 12.1 Å². The fourth-order valence-electron chi connectivity index (χ4n) is 3.16. The van der Waals surface area contributed by atoms with Gasteiger partial charge in [0.15, 0.2) is 0 Å². The summed E-state index contributed by atoms with van der Waals surface area (Å²) >= 11 is 1.55. The van der Waals surface area contributed by atoms with Gasteiger partial charge in [-0.25, -0.2) is 14.2 Å². The molecule has 1 aliphatic rings. The molecule has 0 spiro atoms. The minimum absolute atomic E-state index is 0.110. The van der Waals surface area contributed by atoms with Crippen molar-refractivity contribution in [3.63, 3.8) is 0 Å². The molecule has 1 aromatic carbocycles. The first kappa shape index (κ1) is 19.1. The number of rotatable bonds is 6. The minimum atomic E-state index is -0.296. The van der Waals surface area contributed by atoms with Gasteiger partial charge in [-0.1, -0.05) is 12.1 Å². The Morgan fingerprint density at radius 1 is 1.10 bits per heavy atom. The lowest BCUT2D eigenvalue weighted by Crippen LogP contribution is -2.31. The van der Waals surface area contributed by atoms with Crippen LogP contribution in [-0.2, 0) is 17.8 Å². The number of halogens is 1. The van der Waals surface area contributed by atoms with E-state index in [1.807, 2.05) is 16.8 Å². The van der Waals surface area contributed by atoms with E-state index in [0.29, 0.717) is 37.6 Å². The Bertz CT molecular complexity index is 991. The molecule has 1 N–H and O–H groups in total. The lowest BCUT2D eigenvalue weighted by Gasteiger charge is -2.18. The number of amides is 3. The van der Waals surface area contributed by atoms with Crippen LogP contribution in [0, 0.1) is 5.82 Å². The first-order valence-corrected chi connectivity index (χ1v) is 10.1. The molecule has 6 nitrogen and oxygen atoms in total. The Balaban J connectivity index is 1.35. The van der Waals surface area contributed by atoms with Gasteiger partial charge in [-0.3, -0.25) is 9.69 Å². The lowest BCUT2D eigenvalue weighted by molar-refractivity contribution is -0.115. The number of hydrogen-bond acceptors (Lipinski definition) is 4. The monoisotopic (exact) mass is 410 g/mol. The number of nitrogens with zero attached hydrogens (tertiary/aromatic N) is 3. The van der Waals surface area contributed by atoms with Crippen LogP contribution < -0.4 is 10.2 Å². The number of pyridine rings is 1. The third-order valence-electron chi connectivity index (χ3n) is 4.63. The molecule has 0 atom stereocenters. The summed E-state index contributed by atoms with van der Waals surface area (Å²) in [7, 11) is 0. The maximum Gasteiger partial charge on any atom is 0.326 e. The van der Waals surface area contributed by atoms with E-state index in [0.717, 1.165) is 11.1 Å². The molecule has 0 saturated carbocycles. The van der Waals surface area contributed by atoms with Gasteiger partial charge in [0.05, 0.1) is 18.3 Å². The Hall–Kier alpha value is -3.26.